The number of morpholine rings is 1. The van der Waals surface area contributed by atoms with Crippen LogP contribution in [-0.2, 0) is 20.8 Å². The van der Waals surface area contributed by atoms with Crippen LogP contribution in [0.25, 0.3) is 0 Å². The largest absolute Gasteiger partial charge is 0.452 e. The molecule has 1 saturated heterocycles. The van der Waals surface area contributed by atoms with Crippen LogP contribution in [0.15, 0.2) is 42.5 Å². The Morgan fingerprint density at radius 2 is 1.77 bits per heavy atom. The van der Waals surface area contributed by atoms with E-state index in [2.05, 4.69) is 23.2 Å². The summed E-state index contributed by atoms with van der Waals surface area (Å²) < 4.78 is 10.5. The Bertz CT molecular complexity index is 873. The summed E-state index contributed by atoms with van der Waals surface area (Å²) in [5.41, 5.74) is 4.98. The fraction of sp³-hybridized carbons (Fsp3) is 0.417. The van der Waals surface area contributed by atoms with E-state index in [0.717, 1.165) is 44.0 Å². The van der Waals surface area contributed by atoms with E-state index < -0.39 is 5.97 Å². The molecule has 1 heterocycles. The van der Waals surface area contributed by atoms with Crippen LogP contribution in [0.5, 0.6) is 0 Å². The van der Waals surface area contributed by atoms with E-state index in [1.807, 2.05) is 38.1 Å². The average Bonchev–Trinajstić information content (AvgIpc) is 2.75. The Labute approximate surface area is 178 Å². The highest BCUT2D eigenvalue weighted by atomic mass is 16.5. The van der Waals surface area contributed by atoms with Crippen LogP contribution in [0.2, 0.25) is 0 Å². The first-order valence-corrected chi connectivity index (χ1v) is 10.3. The van der Waals surface area contributed by atoms with Gasteiger partial charge in [0.1, 0.15) is 0 Å². The van der Waals surface area contributed by atoms with Gasteiger partial charge in [0.25, 0.3) is 5.91 Å². The molecule has 30 heavy (non-hydrogen) atoms. The molecule has 0 bridgehead atoms. The number of nitrogens with zero attached hydrogens (tertiary/aromatic N) is 1. The first-order valence-electron chi connectivity index (χ1n) is 10.3. The lowest BCUT2D eigenvalue weighted by Gasteiger charge is -2.26. The van der Waals surface area contributed by atoms with Crippen molar-refractivity contribution in [3.63, 3.8) is 0 Å². The number of carbonyl (C=O) groups excluding carboxylic acids is 2. The van der Waals surface area contributed by atoms with Crippen molar-refractivity contribution in [1.29, 1.82) is 0 Å². The molecule has 1 N–H and O–H groups in total. The molecule has 0 radical (unpaired) electrons. The van der Waals surface area contributed by atoms with E-state index in [1.165, 1.54) is 11.1 Å². The molecule has 2 aromatic carbocycles. The van der Waals surface area contributed by atoms with E-state index in [9.17, 15) is 9.59 Å². The molecule has 6 nitrogen and oxygen atoms in total. The minimum Gasteiger partial charge on any atom is -0.452 e. The molecule has 160 valence electrons. The zero-order valence-electron chi connectivity index (χ0n) is 17.9. The summed E-state index contributed by atoms with van der Waals surface area (Å²) >= 11 is 0. The Hall–Kier alpha value is -2.70. The van der Waals surface area contributed by atoms with Crippen molar-refractivity contribution in [3.05, 3.63) is 70.3 Å². The minimum atomic E-state index is -0.498. The monoisotopic (exact) mass is 410 g/mol. The highest BCUT2D eigenvalue weighted by Gasteiger charge is 2.15. The number of aryl methyl sites for hydroxylation is 2. The predicted molar refractivity (Wildman–Crippen MR) is 115 cm³/mol. The normalized spacial score (nSPS) is 15.4. The maximum absolute atomic E-state index is 12.3. The smallest absolute Gasteiger partial charge is 0.338 e. The lowest BCUT2D eigenvalue weighted by molar-refractivity contribution is -0.124. The molecule has 1 aliphatic heterocycles. The number of rotatable bonds is 7. The second-order valence-corrected chi connectivity index (χ2v) is 7.79. The number of ether oxygens (including phenoxy) is 2. The molecular formula is C24H30N2O4. The van der Waals surface area contributed by atoms with E-state index in [1.54, 1.807) is 12.1 Å². The highest BCUT2D eigenvalue weighted by molar-refractivity contribution is 5.91. The molecule has 3 rings (SSSR count). The Kier molecular flexibility index (Phi) is 7.60. The topological polar surface area (TPSA) is 67.9 Å². The molecule has 1 aliphatic rings. The van der Waals surface area contributed by atoms with Gasteiger partial charge < -0.3 is 14.8 Å². The number of hydrogen-bond donors (Lipinski definition) is 1. The van der Waals surface area contributed by atoms with Gasteiger partial charge in [-0.1, -0.05) is 30.3 Å². The summed E-state index contributed by atoms with van der Waals surface area (Å²) in [6, 6.07) is 13.3. The molecule has 1 fully saturated rings. The van der Waals surface area contributed by atoms with Gasteiger partial charge >= 0.3 is 5.97 Å². The maximum atomic E-state index is 12.3. The van der Waals surface area contributed by atoms with Gasteiger partial charge in [-0.25, -0.2) is 4.79 Å². The van der Waals surface area contributed by atoms with Gasteiger partial charge in [-0.2, -0.15) is 0 Å². The molecule has 0 aromatic heterocycles. The fourth-order valence-electron chi connectivity index (χ4n) is 3.38. The van der Waals surface area contributed by atoms with Crippen molar-refractivity contribution in [2.75, 3.05) is 32.9 Å². The van der Waals surface area contributed by atoms with Gasteiger partial charge in [0.2, 0.25) is 0 Å². The van der Waals surface area contributed by atoms with Crippen molar-refractivity contribution in [2.45, 2.75) is 33.4 Å². The third kappa shape index (κ3) is 6.15. The van der Waals surface area contributed by atoms with Crippen molar-refractivity contribution < 1.29 is 19.1 Å². The number of carbonyl (C=O) groups is 2. The summed E-state index contributed by atoms with van der Waals surface area (Å²) in [5.74, 6) is -0.820. The van der Waals surface area contributed by atoms with Gasteiger partial charge in [-0.3, -0.25) is 9.69 Å². The second-order valence-electron chi connectivity index (χ2n) is 7.79. The predicted octanol–water partition coefficient (Wildman–Crippen LogP) is 3.17. The van der Waals surface area contributed by atoms with E-state index in [4.69, 9.17) is 9.47 Å². The van der Waals surface area contributed by atoms with Crippen LogP contribution in [0.1, 0.15) is 45.6 Å². The lowest BCUT2D eigenvalue weighted by atomic mass is 10.0. The van der Waals surface area contributed by atoms with Crippen LogP contribution in [-0.4, -0.2) is 49.7 Å². The van der Waals surface area contributed by atoms with Crippen LogP contribution < -0.4 is 5.32 Å². The van der Waals surface area contributed by atoms with Gasteiger partial charge in [-0.15, -0.1) is 0 Å². The lowest BCUT2D eigenvalue weighted by Crippen LogP contribution is -2.35. The van der Waals surface area contributed by atoms with Gasteiger partial charge in [-0.05, 0) is 55.2 Å². The zero-order chi connectivity index (χ0) is 21.5. The molecule has 0 aliphatic carbocycles. The SMILES string of the molecule is Cc1ccc([C@H](C)NC(=O)COC(=O)c2ccc(CN3CCOCC3)cc2)cc1C. The summed E-state index contributed by atoms with van der Waals surface area (Å²) in [6.45, 7) is 9.89. The minimum absolute atomic E-state index is 0.157. The van der Waals surface area contributed by atoms with Crippen molar-refractivity contribution in [3.8, 4) is 0 Å². The van der Waals surface area contributed by atoms with E-state index in [-0.39, 0.29) is 18.6 Å². The Morgan fingerprint density at radius 1 is 1.07 bits per heavy atom. The number of esters is 1. The molecule has 2 aromatic rings. The first kappa shape index (κ1) is 22.0. The molecule has 1 atom stereocenters. The van der Waals surface area contributed by atoms with Crippen LogP contribution >= 0.6 is 0 Å². The quantitative estimate of drug-likeness (QED) is 0.710. The number of hydrogen-bond acceptors (Lipinski definition) is 5. The molecule has 0 unspecified atom stereocenters. The fourth-order valence-corrected chi connectivity index (χ4v) is 3.38. The standard InChI is InChI=1S/C24H30N2O4/c1-17-4-7-22(14-18(17)2)19(3)25-23(27)16-30-24(28)21-8-5-20(6-9-21)15-26-10-12-29-13-11-26/h4-9,14,19H,10-13,15-16H2,1-3H3,(H,25,27)/t19-/m0/s1. The number of benzene rings is 2. The van der Waals surface area contributed by atoms with Gasteiger partial charge in [0.05, 0.1) is 24.8 Å². The molecule has 0 spiro atoms. The Balaban J connectivity index is 1.46. The Morgan fingerprint density at radius 3 is 2.43 bits per heavy atom. The highest BCUT2D eigenvalue weighted by Crippen LogP contribution is 2.16. The van der Waals surface area contributed by atoms with Crippen LogP contribution in [0.3, 0.4) is 0 Å². The maximum Gasteiger partial charge on any atom is 0.338 e. The molecule has 1 amide bonds. The van der Waals surface area contributed by atoms with E-state index in [0.29, 0.717) is 5.56 Å². The third-order valence-electron chi connectivity index (χ3n) is 5.44. The zero-order valence-corrected chi connectivity index (χ0v) is 17.9. The molecule has 0 saturated carbocycles. The summed E-state index contributed by atoms with van der Waals surface area (Å²) in [7, 11) is 0. The molecule has 6 heteroatoms. The van der Waals surface area contributed by atoms with Gasteiger partial charge in [0.15, 0.2) is 6.61 Å². The molecular weight excluding hydrogens is 380 g/mol. The van der Waals surface area contributed by atoms with Crippen molar-refractivity contribution in [2.24, 2.45) is 0 Å². The van der Waals surface area contributed by atoms with Gasteiger partial charge in [0, 0.05) is 19.6 Å². The number of amides is 1. The van der Waals surface area contributed by atoms with Crippen LogP contribution in [0, 0.1) is 13.8 Å². The summed E-state index contributed by atoms with van der Waals surface area (Å²) in [6.07, 6.45) is 0. The van der Waals surface area contributed by atoms with Crippen molar-refractivity contribution >= 4 is 11.9 Å². The van der Waals surface area contributed by atoms with Crippen molar-refractivity contribution in [1.82, 2.24) is 10.2 Å². The average molecular weight is 411 g/mol. The second kappa shape index (κ2) is 10.4. The third-order valence-corrected chi connectivity index (χ3v) is 5.44. The van der Waals surface area contributed by atoms with E-state index >= 15 is 0 Å². The number of nitrogens with one attached hydrogen (secondary N) is 1. The first-order chi connectivity index (χ1) is 14.4. The summed E-state index contributed by atoms with van der Waals surface area (Å²) in [5, 5.41) is 2.87. The summed E-state index contributed by atoms with van der Waals surface area (Å²) in [4.78, 5) is 26.8. The van der Waals surface area contributed by atoms with Crippen LogP contribution in [0.4, 0.5) is 0 Å².